The third kappa shape index (κ3) is 29.4. The summed E-state index contributed by atoms with van der Waals surface area (Å²) >= 11 is 0. The number of hydrogen-bond acceptors (Lipinski definition) is 28. The molecule has 149 heavy (non-hydrogen) atoms. The molecule has 34 nitrogen and oxygen atoms in total. The van der Waals surface area contributed by atoms with Gasteiger partial charge in [-0.1, -0.05) is 192 Å². The maximum Gasteiger partial charge on any atom is 0.411 e. The number of imide groups is 1. The fourth-order valence-electron chi connectivity index (χ4n) is 21.6. The minimum Gasteiger partial charge on any atom is -0.503 e. The number of aliphatic carboxylic acids is 1. The van der Waals surface area contributed by atoms with Crippen LogP contribution in [0.15, 0.2) is 210 Å². The van der Waals surface area contributed by atoms with Gasteiger partial charge in [-0.15, -0.1) is 0 Å². The molecule has 4 saturated heterocycles. The molecular weight excluding hydrogens is 1950 g/mol. The molecule has 6 aliphatic heterocycles. The van der Waals surface area contributed by atoms with Gasteiger partial charge in [0.05, 0.1) is 58.8 Å². The first-order chi connectivity index (χ1) is 69.2. The van der Waals surface area contributed by atoms with Crippen molar-refractivity contribution < 1.29 is 130 Å². The number of nitrogens with one attached hydrogen (secondary N) is 2. The molecule has 14 aliphatic rings. The number of aliphatic hydroxyl groups excluding tert-OH is 3. The normalized spacial score (nSPS) is 25.1. The molecule has 7 unspecified atom stereocenters. The predicted molar refractivity (Wildman–Crippen MR) is 555 cm³/mol. The van der Waals surface area contributed by atoms with Crippen molar-refractivity contribution >= 4 is 85.2 Å². The molecule has 21 rings (SSSR count). The van der Waals surface area contributed by atoms with Gasteiger partial charge in [-0.3, -0.25) is 58.6 Å². The number of carbonyl (C=O) groups is 11. The molecule has 0 radical (unpaired) electrons. The number of aromatic nitrogens is 1. The Labute approximate surface area is 874 Å². The van der Waals surface area contributed by atoms with Crippen LogP contribution < -0.4 is 21.8 Å². The van der Waals surface area contributed by atoms with Crippen LogP contribution in [-0.4, -0.2) is 243 Å². The van der Waals surface area contributed by atoms with E-state index in [0.29, 0.717) is 83.3 Å². The SMILES string of the molecule is C.C.C.C1=CCC=C1.CO.COC(=O)C(O)OC.COC(=O)C=N[C@@H](C)c1ccccc1.COC(=O)[C@H]1C2CC([C@H]3C[C@@H]23)N1C(=O)OC(C)(C)C.COC(=O)[C@H]1C2CC([C@H]3C[C@@H]23)N1[C@@H](C)c1ccccc1.COC(=O)[C@H]1[C@@H]2C=C[C@@H](C2)N1[C@@H](C)c1ccccc1.C[C@H](N)c1ccccc1.O=C(NCc1c(F)cc(F)cc1F)c1cn2c(c(O)c1=O)C(=O)N1C3CC([C@@H]4C[C@H]34)[C@@H]1C2.O=C(O)C(O)O.O=C1NC(=O)c2ccccc21.S. The van der Waals surface area contributed by atoms with Crippen molar-refractivity contribution in [3.05, 3.63) is 278 Å². The van der Waals surface area contributed by atoms with E-state index in [1.54, 1.807) is 34.1 Å². The number of carboxylic acid groups (broad SMARTS) is 1. The molecule has 10 N–H and O–H groups in total. The summed E-state index contributed by atoms with van der Waals surface area (Å²) in [5, 5.41) is 53.0. The maximum absolute atomic E-state index is 13.8. The van der Waals surface area contributed by atoms with Crippen molar-refractivity contribution in [1.82, 2.24) is 34.8 Å². The summed E-state index contributed by atoms with van der Waals surface area (Å²) in [6.07, 6.45) is 19.9. The van der Waals surface area contributed by atoms with Crippen LogP contribution in [0.25, 0.3) is 0 Å². The summed E-state index contributed by atoms with van der Waals surface area (Å²) in [4.78, 5) is 151. The fraction of sp³-hybridized carbons (Fsp3) is 0.468. The highest BCUT2D eigenvalue weighted by atomic mass is 32.1. The van der Waals surface area contributed by atoms with Crippen LogP contribution in [0, 0.1) is 76.6 Å². The minimum absolute atomic E-state index is 0. The number of piperidine rings is 3. The third-order valence-electron chi connectivity index (χ3n) is 28.5. The molecule has 8 aliphatic carbocycles. The van der Waals surface area contributed by atoms with Crippen LogP contribution in [0.3, 0.4) is 0 Å². The van der Waals surface area contributed by atoms with Gasteiger partial charge in [0.25, 0.3) is 36.2 Å². The number of amides is 5. The Morgan fingerprint density at radius 1 is 0.550 bits per heavy atom. The number of esters is 5. The Balaban J connectivity index is 0.000000232. The number of likely N-dealkylation sites (tertiary alicyclic amines) is 3. The number of aliphatic hydroxyl groups is 4. The van der Waals surface area contributed by atoms with Gasteiger partial charge in [0.1, 0.15) is 53.0 Å². The molecule has 8 bridgehead atoms. The van der Waals surface area contributed by atoms with Gasteiger partial charge in [0.2, 0.25) is 5.43 Å². The summed E-state index contributed by atoms with van der Waals surface area (Å²) < 4.78 is 75.3. The third-order valence-corrected chi connectivity index (χ3v) is 28.5. The molecule has 23 atom stereocenters. The first kappa shape index (κ1) is 123. The monoisotopic (exact) mass is 2090 g/mol. The largest absolute Gasteiger partial charge is 0.503 e. The summed E-state index contributed by atoms with van der Waals surface area (Å²) in [6.45, 7) is 13.6. The van der Waals surface area contributed by atoms with Crippen molar-refractivity contribution in [2.45, 2.75) is 226 Å². The van der Waals surface area contributed by atoms with Gasteiger partial charge in [-0.05, 0) is 187 Å². The number of pyridine rings is 1. The van der Waals surface area contributed by atoms with Gasteiger partial charge in [-0.25, -0.2) is 37.1 Å². The molecule has 6 saturated carbocycles. The van der Waals surface area contributed by atoms with E-state index in [4.69, 9.17) is 50.2 Å². The smallest absolute Gasteiger partial charge is 0.411 e. The molecule has 7 aromatic rings. The lowest BCUT2D eigenvalue weighted by Crippen LogP contribution is -2.53. The lowest BCUT2D eigenvalue weighted by Gasteiger charge is -2.40. The number of aliphatic imine (C=N–C) groups is 1. The van der Waals surface area contributed by atoms with Crippen LogP contribution in [0.4, 0.5) is 18.0 Å². The Morgan fingerprint density at radius 3 is 1.45 bits per heavy atom. The molecule has 0 spiro atoms. The Bertz CT molecular complexity index is 5850. The summed E-state index contributed by atoms with van der Waals surface area (Å²) in [5.41, 5.74) is 8.66. The number of fused-ring (bicyclic) bond motifs is 22. The number of nitrogens with two attached hydrogens (primary N) is 1. The van der Waals surface area contributed by atoms with Gasteiger partial charge >= 0.3 is 41.9 Å². The van der Waals surface area contributed by atoms with E-state index < -0.39 is 100 Å². The second-order valence-electron chi connectivity index (χ2n) is 38.2. The van der Waals surface area contributed by atoms with Gasteiger partial charge in [0.15, 0.2) is 11.4 Å². The summed E-state index contributed by atoms with van der Waals surface area (Å²) in [7, 11) is 9.09. The van der Waals surface area contributed by atoms with Crippen molar-refractivity contribution in [3.8, 4) is 5.75 Å². The van der Waals surface area contributed by atoms with Crippen molar-refractivity contribution in [3.63, 3.8) is 0 Å². The predicted octanol–water partition coefficient (Wildman–Crippen LogP) is 13.7. The van der Waals surface area contributed by atoms with E-state index in [9.17, 15) is 75.8 Å². The molecule has 6 aromatic carbocycles. The number of carboxylic acids is 1. The minimum atomic E-state index is -2.23. The molecule has 810 valence electrons. The van der Waals surface area contributed by atoms with E-state index in [1.807, 2.05) is 120 Å². The number of allylic oxidation sites excluding steroid dienone is 4. The Kier molecular flexibility index (Phi) is 45.7. The standard InChI is InChI=1S/C22H18F3N3O4.C17H21NO2.C16H19NO2.C14H21NO4.C11H13NO2.C8H5NO2.C8H11N.C5H6.C4H8O4.C2H4O4.CH4O.3CH4.H2S/c23-8-1-14(24)12(15(25)2-8)5-26-21(31)13-6-27-7-17-11-4-16(10-3-9(10)11)28(17)22(32)18(27)20(30)19(13)29;1-10(11-6-4-3-5-7-11)18-15-9-14(12-8-13(12)15)16(18)17(19)20-2;1-11(12-6-4-3-5-7-12)17-14-9-8-13(10-14)15(17)16(18)19-2;1-14(2,3)19-13(17)15-10-6-9(7-5-8(7)10)11(15)12(16)18-4;1-9(12-8-11(13)14-2)10-6-4-3-5-7-10;10-7-5-3-1-2-4-6(5)8(11)9-7;1-7(9)8-5-3-2-4-6-8;1-2-4-5-3-1;1-7-3(5)4(6)8-2;3-1(4)2(5)6;1-2;;;;/h1-2,6,9-11,16-17,30H,3-5,7H2,(H,26,31);3-7,10,12-16H,8-9H2,1-2H3;3-9,11,13-15H,10H2,1-2H3;7-11H,5-6H2,1-4H3;3-9H,1-2H3;1-4H,(H,9,10,11);2-7H,9H2,1H3;1-4H,5H2;3,5H,1-2H3;1,3-4H,(H,5,6);2H,1H3;3*1H4;1H2/t9-,10+,11?,16?,17+;10-,12+,13-,14?,15?,16+;11-,13+,14-,15+;7-,8+,9?,10?,11-;9-;;7-;;;;;;;;/m10010.0......../s1. The summed E-state index contributed by atoms with van der Waals surface area (Å²) in [6, 6.07) is 49.7. The number of rotatable bonds is 17. The van der Waals surface area contributed by atoms with Gasteiger partial charge < -0.3 is 84.3 Å². The highest BCUT2D eigenvalue weighted by Gasteiger charge is 2.70. The number of methoxy groups -OCH3 is 6. The van der Waals surface area contributed by atoms with Crippen molar-refractivity contribution in [2.24, 2.45) is 69.9 Å². The number of aromatic hydroxyl groups is 1. The zero-order chi connectivity index (χ0) is 106. The molecular formula is C111H144F3N9O25S. The maximum atomic E-state index is 13.8. The number of carbonyl (C=O) groups excluding carboxylic acids is 10. The summed E-state index contributed by atoms with van der Waals surface area (Å²) in [5.74, 6) is -4.05. The number of nitrogens with zero attached hydrogens (tertiary/aromatic N) is 6. The number of halogens is 3. The van der Waals surface area contributed by atoms with Crippen LogP contribution in [0.5, 0.6) is 5.75 Å². The lowest BCUT2D eigenvalue weighted by atomic mass is 9.94. The van der Waals surface area contributed by atoms with E-state index in [1.165, 1.54) is 89.2 Å². The number of ether oxygens (including phenoxy) is 7. The van der Waals surface area contributed by atoms with Crippen molar-refractivity contribution in [1.29, 1.82) is 0 Å². The molecule has 10 fully saturated rings. The van der Waals surface area contributed by atoms with E-state index >= 15 is 0 Å². The second kappa shape index (κ2) is 55.5. The second-order valence-corrected chi connectivity index (χ2v) is 38.2. The van der Waals surface area contributed by atoms with Gasteiger partial charge in [0, 0.05) is 99.4 Å². The van der Waals surface area contributed by atoms with Crippen LogP contribution >= 0.6 is 13.5 Å². The van der Waals surface area contributed by atoms with E-state index in [-0.39, 0.29) is 138 Å². The molecule has 1 aromatic heterocycles. The number of hydrogen-bond donors (Lipinski definition) is 9. The highest BCUT2D eigenvalue weighted by Crippen LogP contribution is 2.67. The quantitative estimate of drug-likeness (QED) is 0.0102. The fourth-order valence-corrected chi connectivity index (χ4v) is 21.6. The zero-order valence-electron chi connectivity index (χ0n) is 83.9. The zero-order valence-corrected chi connectivity index (χ0v) is 84.9. The molecule has 5 amide bonds. The van der Waals surface area contributed by atoms with Crippen molar-refractivity contribution in [2.75, 3.05) is 49.8 Å². The number of benzene rings is 6. The molecule has 38 heteroatoms. The van der Waals surface area contributed by atoms with Crippen LogP contribution in [0.2, 0.25) is 0 Å². The Hall–Kier alpha value is -13.1. The van der Waals surface area contributed by atoms with Crippen LogP contribution in [-0.2, 0) is 75.0 Å². The van der Waals surface area contributed by atoms with Gasteiger partial charge in [-0.2, -0.15) is 13.5 Å². The topological polar surface area (TPSA) is 471 Å². The van der Waals surface area contributed by atoms with E-state index in [0.717, 1.165) is 63.0 Å². The molecule has 7 heterocycles. The average Bonchev–Trinajstić information content (AvgIpc) is 1.54. The first-order valence-electron chi connectivity index (χ1n) is 48.1. The van der Waals surface area contributed by atoms with E-state index in [2.05, 4.69) is 126 Å². The average molecular weight is 2090 g/mol. The highest BCUT2D eigenvalue weighted by molar-refractivity contribution is 7.59. The Morgan fingerprint density at radius 2 is 0.993 bits per heavy atom. The van der Waals surface area contributed by atoms with Crippen LogP contribution in [0.1, 0.15) is 216 Å². The first-order valence-corrected chi connectivity index (χ1v) is 48.1. The lowest BCUT2D eigenvalue weighted by molar-refractivity contribution is -0.174.